The molecule has 1 aromatic heterocycles. The van der Waals surface area contributed by atoms with Gasteiger partial charge < -0.3 is 15.0 Å². The predicted molar refractivity (Wildman–Crippen MR) is 96.4 cm³/mol. The number of hydrogen-bond donors (Lipinski definition) is 1. The summed E-state index contributed by atoms with van der Waals surface area (Å²) in [5, 5.41) is 14.3. The average Bonchev–Trinajstić information content (AvgIpc) is 3.40. The largest absolute Gasteiger partial charge is 0.442 e. The molecule has 2 aliphatic rings. The van der Waals surface area contributed by atoms with Gasteiger partial charge in [-0.3, -0.25) is 9.69 Å². The maximum Gasteiger partial charge on any atom is 0.414 e. The first kappa shape index (κ1) is 18.1. The van der Waals surface area contributed by atoms with Crippen LogP contribution in [0.2, 0.25) is 0 Å². The van der Waals surface area contributed by atoms with Gasteiger partial charge in [-0.05, 0) is 29.8 Å². The average molecular weight is 389 g/mol. The number of amides is 2. The van der Waals surface area contributed by atoms with Gasteiger partial charge in [0, 0.05) is 20.0 Å². The molecule has 2 atom stereocenters. The Balaban J connectivity index is 1.43. The number of hydrogen-bond acceptors (Lipinski definition) is 7. The van der Waals surface area contributed by atoms with Crippen molar-refractivity contribution in [3.63, 3.8) is 0 Å². The van der Waals surface area contributed by atoms with Crippen LogP contribution in [0.5, 0.6) is 0 Å². The summed E-state index contributed by atoms with van der Waals surface area (Å²) in [6.07, 6.45) is 1.15. The van der Waals surface area contributed by atoms with Gasteiger partial charge in [-0.2, -0.15) is 4.80 Å². The zero-order chi connectivity index (χ0) is 19.7. The van der Waals surface area contributed by atoms with Crippen molar-refractivity contribution in [2.45, 2.75) is 25.5 Å². The Morgan fingerprint density at radius 2 is 2.25 bits per heavy atom. The summed E-state index contributed by atoms with van der Waals surface area (Å²) in [5.41, 5.74) is 0.888. The highest BCUT2D eigenvalue weighted by Crippen LogP contribution is 2.31. The van der Waals surface area contributed by atoms with Gasteiger partial charge >= 0.3 is 6.09 Å². The van der Waals surface area contributed by atoms with Gasteiger partial charge in [0.25, 0.3) is 0 Å². The number of rotatable bonds is 5. The minimum atomic E-state index is -0.555. The summed E-state index contributed by atoms with van der Waals surface area (Å²) in [6, 6.07) is 4.74. The van der Waals surface area contributed by atoms with Gasteiger partial charge in [-0.1, -0.05) is 0 Å². The zero-order valence-electron chi connectivity index (χ0n) is 15.3. The summed E-state index contributed by atoms with van der Waals surface area (Å²) in [6.45, 7) is 3.12. The highest BCUT2D eigenvalue weighted by molar-refractivity contribution is 5.90. The molecule has 0 aliphatic carbocycles. The van der Waals surface area contributed by atoms with Crippen molar-refractivity contribution in [2.75, 3.05) is 36.0 Å². The first-order chi connectivity index (χ1) is 13.5. The molecule has 4 rings (SSSR count). The van der Waals surface area contributed by atoms with Crippen LogP contribution in [0.3, 0.4) is 0 Å². The number of aromatic nitrogens is 4. The Labute approximate surface area is 160 Å². The molecule has 2 aliphatic heterocycles. The summed E-state index contributed by atoms with van der Waals surface area (Å²) in [4.78, 5) is 27.9. The van der Waals surface area contributed by atoms with Gasteiger partial charge in [0.1, 0.15) is 11.9 Å². The second-order valence-electron chi connectivity index (χ2n) is 6.83. The van der Waals surface area contributed by atoms with Crippen LogP contribution >= 0.6 is 0 Å². The Kier molecular flexibility index (Phi) is 4.80. The molecule has 3 heterocycles. The Morgan fingerprint density at radius 3 is 2.96 bits per heavy atom. The molecule has 28 heavy (non-hydrogen) atoms. The van der Waals surface area contributed by atoms with Crippen LogP contribution in [-0.4, -0.2) is 64.5 Å². The molecule has 0 spiro atoms. The van der Waals surface area contributed by atoms with E-state index in [0.29, 0.717) is 24.5 Å². The second kappa shape index (κ2) is 7.41. The van der Waals surface area contributed by atoms with E-state index in [-0.39, 0.29) is 25.0 Å². The molecule has 0 bridgehead atoms. The molecule has 148 valence electrons. The maximum absolute atomic E-state index is 14.8. The maximum atomic E-state index is 14.8. The molecular weight excluding hydrogens is 369 g/mol. The van der Waals surface area contributed by atoms with E-state index >= 15 is 0 Å². The van der Waals surface area contributed by atoms with E-state index in [9.17, 15) is 14.0 Å². The van der Waals surface area contributed by atoms with Crippen LogP contribution in [0.25, 0.3) is 0 Å². The molecule has 1 aromatic carbocycles. The quantitative estimate of drug-likeness (QED) is 0.803. The lowest BCUT2D eigenvalue weighted by molar-refractivity contribution is -0.119. The Bertz CT molecular complexity index is 876. The molecule has 2 saturated heterocycles. The van der Waals surface area contributed by atoms with Gasteiger partial charge in [-0.15, -0.1) is 10.2 Å². The lowest BCUT2D eigenvalue weighted by Gasteiger charge is -2.21. The SMILES string of the molecule is CC(=O)NC[C@H]1CN(c2ccc(N3CCC(n4ncnn4)C3)c(F)c2)C(=O)O1. The predicted octanol–water partition coefficient (Wildman–Crippen LogP) is 0.725. The van der Waals surface area contributed by atoms with E-state index in [1.54, 1.807) is 16.9 Å². The number of ether oxygens (including phenoxy) is 1. The molecule has 2 aromatic rings. The van der Waals surface area contributed by atoms with Crippen molar-refractivity contribution in [1.82, 2.24) is 25.5 Å². The zero-order valence-corrected chi connectivity index (χ0v) is 15.3. The van der Waals surface area contributed by atoms with Gasteiger partial charge in [-0.25, -0.2) is 9.18 Å². The number of tetrazole rings is 1. The number of carbonyl (C=O) groups excluding carboxylic acids is 2. The van der Waals surface area contributed by atoms with E-state index in [1.807, 2.05) is 4.90 Å². The molecule has 1 unspecified atom stereocenters. The van der Waals surface area contributed by atoms with Crippen molar-refractivity contribution in [1.29, 1.82) is 0 Å². The van der Waals surface area contributed by atoms with Gasteiger partial charge in [0.15, 0.2) is 6.33 Å². The minimum Gasteiger partial charge on any atom is -0.442 e. The normalized spacial score (nSPS) is 21.9. The monoisotopic (exact) mass is 389 g/mol. The van der Waals surface area contributed by atoms with Gasteiger partial charge in [0.2, 0.25) is 5.91 Å². The number of halogens is 1. The summed E-state index contributed by atoms with van der Waals surface area (Å²) in [5.74, 6) is -0.613. The van der Waals surface area contributed by atoms with Crippen molar-refractivity contribution in [3.05, 3.63) is 30.3 Å². The van der Waals surface area contributed by atoms with Gasteiger partial charge in [0.05, 0.1) is 30.5 Å². The van der Waals surface area contributed by atoms with E-state index in [4.69, 9.17) is 4.74 Å². The molecule has 11 heteroatoms. The highest BCUT2D eigenvalue weighted by atomic mass is 19.1. The van der Waals surface area contributed by atoms with Crippen LogP contribution in [0.15, 0.2) is 24.5 Å². The third-order valence-electron chi connectivity index (χ3n) is 4.89. The van der Waals surface area contributed by atoms with Crippen molar-refractivity contribution in [2.24, 2.45) is 0 Å². The number of cyclic esters (lactones) is 1. The third-order valence-corrected chi connectivity index (χ3v) is 4.89. The molecule has 2 amide bonds. The lowest BCUT2D eigenvalue weighted by Crippen LogP contribution is -2.33. The lowest BCUT2D eigenvalue weighted by atomic mass is 10.2. The summed E-state index contributed by atoms with van der Waals surface area (Å²) in [7, 11) is 0. The Morgan fingerprint density at radius 1 is 1.39 bits per heavy atom. The highest BCUT2D eigenvalue weighted by Gasteiger charge is 2.33. The molecule has 2 fully saturated rings. The van der Waals surface area contributed by atoms with Crippen molar-refractivity contribution in [3.8, 4) is 0 Å². The summed E-state index contributed by atoms with van der Waals surface area (Å²) < 4.78 is 20.0. The molecule has 0 saturated carbocycles. The molecule has 1 N–H and O–H groups in total. The fraction of sp³-hybridized carbons (Fsp3) is 0.471. The van der Waals surface area contributed by atoms with Crippen LogP contribution in [-0.2, 0) is 9.53 Å². The number of benzene rings is 1. The topological polar surface area (TPSA) is 105 Å². The van der Waals surface area contributed by atoms with E-state index in [0.717, 1.165) is 6.42 Å². The van der Waals surface area contributed by atoms with Crippen LogP contribution in [0.1, 0.15) is 19.4 Å². The molecule has 0 radical (unpaired) electrons. The first-order valence-corrected chi connectivity index (χ1v) is 9.01. The molecular formula is C17H20FN7O3. The van der Waals surface area contributed by atoms with E-state index < -0.39 is 18.0 Å². The van der Waals surface area contributed by atoms with Crippen LogP contribution in [0.4, 0.5) is 20.6 Å². The fourth-order valence-corrected chi connectivity index (χ4v) is 3.51. The smallest absolute Gasteiger partial charge is 0.414 e. The van der Waals surface area contributed by atoms with Crippen LogP contribution < -0.4 is 15.1 Å². The van der Waals surface area contributed by atoms with E-state index in [2.05, 4.69) is 20.7 Å². The van der Waals surface area contributed by atoms with Crippen molar-refractivity contribution < 1.29 is 18.7 Å². The van der Waals surface area contributed by atoms with Crippen molar-refractivity contribution >= 4 is 23.4 Å². The first-order valence-electron chi connectivity index (χ1n) is 9.01. The number of nitrogens with zero attached hydrogens (tertiary/aromatic N) is 6. The second-order valence-corrected chi connectivity index (χ2v) is 6.83. The minimum absolute atomic E-state index is 0.0460. The van der Waals surface area contributed by atoms with Crippen LogP contribution in [0, 0.1) is 5.82 Å². The Hall–Kier alpha value is -3.24. The number of nitrogens with one attached hydrogen (secondary N) is 1. The fourth-order valence-electron chi connectivity index (χ4n) is 3.51. The standard InChI is InChI=1S/C17H20FN7O3/c1-11(26)19-7-14-9-24(17(27)28-14)12-2-3-16(15(18)6-12)23-5-4-13(8-23)25-21-10-20-22-25/h2-3,6,10,13-14H,4-5,7-9H2,1H3,(H,19,26)/t13?,14-/m0/s1. The summed E-state index contributed by atoms with van der Waals surface area (Å²) >= 11 is 0. The molecule has 10 nitrogen and oxygen atoms in total. The van der Waals surface area contributed by atoms with E-state index in [1.165, 1.54) is 24.2 Å². The number of carbonyl (C=O) groups is 2. The third kappa shape index (κ3) is 3.59. The number of anilines is 2.